The van der Waals surface area contributed by atoms with Crippen LogP contribution < -0.4 is 19.6 Å². The summed E-state index contributed by atoms with van der Waals surface area (Å²) in [4.78, 5) is 24.4. The number of hydrazone groups is 1. The Balaban J connectivity index is 1.51. The van der Waals surface area contributed by atoms with Crippen LogP contribution in [0.1, 0.15) is 41.3 Å². The molecule has 3 rings (SSSR count). The Morgan fingerprint density at radius 1 is 1.03 bits per heavy atom. The van der Waals surface area contributed by atoms with Gasteiger partial charge in [0, 0.05) is 4.47 Å². The van der Waals surface area contributed by atoms with Crippen molar-refractivity contribution in [2.24, 2.45) is 5.10 Å². The molecule has 0 radical (unpaired) electrons. The first-order chi connectivity index (χ1) is 17.0. The van der Waals surface area contributed by atoms with E-state index in [-0.39, 0.29) is 18.3 Å². The molecule has 1 amide bonds. The first-order valence-corrected chi connectivity index (χ1v) is 12.0. The molecule has 8 heteroatoms. The lowest BCUT2D eigenvalue weighted by Crippen LogP contribution is -2.24. The van der Waals surface area contributed by atoms with Crippen molar-refractivity contribution in [2.75, 3.05) is 13.7 Å². The molecule has 35 heavy (non-hydrogen) atoms. The van der Waals surface area contributed by atoms with E-state index in [1.807, 2.05) is 30.3 Å². The fourth-order valence-corrected chi connectivity index (χ4v) is 3.52. The number of nitrogens with one attached hydrogen (secondary N) is 1. The van der Waals surface area contributed by atoms with E-state index < -0.39 is 5.97 Å². The second kappa shape index (κ2) is 13.3. The smallest absolute Gasteiger partial charge is 0.343 e. The van der Waals surface area contributed by atoms with Gasteiger partial charge in [0.2, 0.25) is 0 Å². The maximum atomic E-state index is 12.4. The van der Waals surface area contributed by atoms with Gasteiger partial charge in [0.05, 0.1) is 18.9 Å². The average Bonchev–Trinajstić information content (AvgIpc) is 2.87. The van der Waals surface area contributed by atoms with Gasteiger partial charge < -0.3 is 14.2 Å². The Morgan fingerprint density at radius 2 is 1.83 bits per heavy atom. The minimum absolute atomic E-state index is 0.153. The van der Waals surface area contributed by atoms with Crippen LogP contribution in [0.4, 0.5) is 0 Å². The largest absolute Gasteiger partial charge is 0.493 e. The highest BCUT2D eigenvalue weighted by molar-refractivity contribution is 9.10. The lowest BCUT2D eigenvalue weighted by Gasteiger charge is -2.10. The predicted molar refractivity (Wildman–Crippen MR) is 138 cm³/mol. The molecule has 0 unspecified atom stereocenters. The van der Waals surface area contributed by atoms with Crippen molar-refractivity contribution in [3.8, 4) is 17.2 Å². The Bertz CT molecular complexity index is 1180. The normalized spacial score (nSPS) is 10.7. The number of unbranched alkanes of at least 4 members (excludes halogenated alkanes) is 1. The summed E-state index contributed by atoms with van der Waals surface area (Å²) in [5, 5.41) is 3.95. The van der Waals surface area contributed by atoms with Crippen LogP contribution in [0.5, 0.6) is 17.2 Å². The minimum atomic E-state index is -0.506. The fourth-order valence-electron chi connectivity index (χ4n) is 3.12. The van der Waals surface area contributed by atoms with Crippen molar-refractivity contribution >= 4 is 34.0 Å². The zero-order valence-electron chi connectivity index (χ0n) is 19.6. The average molecular weight is 539 g/mol. The van der Waals surface area contributed by atoms with Crippen molar-refractivity contribution in [3.63, 3.8) is 0 Å². The summed E-state index contributed by atoms with van der Waals surface area (Å²) in [7, 11) is 1.47. The van der Waals surface area contributed by atoms with Crippen LogP contribution in [0.2, 0.25) is 0 Å². The molecular formula is C27H27BrN2O5. The van der Waals surface area contributed by atoms with E-state index in [1.165, 1.54) is 18.9 Å². The maximum Gasteiger partial charge on any atom is 0.343 e. The van der Waals surface area contributed by atoms with Gasteiger partial charge in [-0.2, -0.15) is 5.10 Å². The van der Waals surface area contributed by atoms with Gasteiger partial charge in [-0.15, -0.1) is 0 Å². The van der Waals surface area contributed by atoms with Gasteiger partial charge in [-0.05, 0) is 72.5 Å². The summed E-state index contributed by atoms with van der Waals surface area (Å²) in [5.74, 6) is 0.362. The second-order valence-corrected chi connectivity index (χ2v) is 8.56. The molecule has 7 nitrogen and oxygen atoms in total. The minimum Gasteiger partial charge on any atom is -0.493 e. The second-order valence-electron chi connectivity index (χ2n) is 7.64. The number of halogens is 1. The SMILES string of the molecule is CCCCc1ccc(OCC(=O)N/N=C\c2ccc(OC(=O)c3cccc(Br)c3)c(OC)c2)cc1. The van der Waals surface area contributed by atoms with Crippen molar-refractivity contribution < 1.29 is 23.8 Å². The molecule has 3 aromatic rings. The van der Waals surface area contributed by atoms with E-state index in [0.29, 0.717) is 22.6 Å². The number of rotatable bonds is 11. The maximum absolute atomic E-state index is 12.4. The van der Waals surface area contributed by atoms with Gasteiger partial charge in [-0.3, -0.25) is 4.79 Å². The molecule has 0 bridgehead atoms. The summed E-state index contributed by atoms with van der Waals surface area (Å²) < 4.78 is 17.1. The third-order valence-electron chi connectivity index (χ3n) is 4.97. The Labute approximate surface area is 213 Å². The lowest BCUT2D eigenvalue weighted by molar-refractivity contribution is -0.123. The number of amides is 1. The third kappa shape index (κ3) is 8.26. The van der Waals surface area contributed by atoms with Gasteiger partial charge in [0.15, 0.2) is 18.1 Å². The van der Waals surface area contributed by atoms with Gasteiger partial charge in [0.1, 0.15) is 5.75 Å². The highest BCUT2D eigenvalue weighted by Gasteiger charge is 2.13. The zero-order valence-corrected chi connectivity index (χ0v) is 21.2. The summed E-state index contributed by atoms with van der Waals surface area (Å²) in [6, 6.07) is 19.6. The molecule has 0 spiro atoms. The number of hydrogen-bond acceptors (Lipinski definition) is 6. The number of carbonyl (C=O) groups excluding carboxylic acids is 2. The molecule has 182 valence electrons. The van der Waals surface area contributed by atoms with Gasteiger partial charge in [-0.1, -0.05) is 47.5 Å². The number of carbonyl (C=O) groups is 2. The first-order valence-electron chi connectivity index (χ1n) is 11.2. The molecule has 0 aliphatic heterocycles. The molecule has 0 aliphatic carbocycles. The van der Waals surface area contributed by atoms with Crippen molar-refractivity contribution in [1.29, 1.82) is 0 Å². The Kier molecular flexibility index (Phi) is 9.86. The van der Waals surface area contributed by atoms with Gasteiger partial charge >= 0.3 is 5.97 Å². The van der Waals surface area contributed by atoms with Crippen LogP contribution >= 0.6 is 15.9 Å². The van der Waals surface area contributed by atoms with Gasteiger partial charge in [0.25, 0.3) is 5.91 Å². The summed E-state index contributed by atoms with van der Waals surface area (Å²) in [6.45, 7) is 2.01. The molecule has 3 aromatic carbocycles. The van der Waals surface area contributed by atoms with E-state index in [1.54, 1.807) is 36.4 Å². The molecule has 0 aliphatic rings. The van der Waals surface area contributed by atoms with E-state index in [0.717, 1.165) is 23.7 Å². The van der Waals surface area contributed by atoms with Crippen LogP contribution in [0.25, 0.3) is 0 Å². The topological polar surface area (TPSA) is 86.2 Å². The molecule has 1 N–H and O–H groups in total. The zero-order chi connectivity index (χ0) is 25.0. The highest BCUT2D eigenvalue weighted by atomic mass is 79.9. The van der Waals surface area contributed by atoms with Crippen LogP contribution in [0, 0.1) is 0 Å². The molecule has 0 aromatic heterocycles. The summed E-state index contributed by atoms with van der Waals surface area (Å²) in [6.07, 6.45) is 4.79. The van der Waals surface area contributed by atoms with Crippen LogP contribution in [0.3, 0.4) is 0 Å². The molecule has 0 atom stereocenters. The Hall–Kier alpha value is -3.65. The molecule has 0 fully saturated rings. The van der Waals surface area contributed by atoms with E-state index in [2.05, 4.69) is 33.4 Å². The van der Waals surface area contributed by atoms with Crippen LogP contribution in [0.15, 0.2) is 76.3 Å². The van der Waals surface area contributed by atoms with Gasteiger partial charge in [-0.25, -0.2) is 10.2 Å². The number of methoxy groups -OCH3 is 1. The van der Waals surface area contributed by atoms with Crippen molar-refractivity contribution in [2.45, 2.75) is 26.2 Å². The van der Waals surface area contributed by atoms with Crippen molar-refractivity contribution in [3.05, 3.63) is 87.9 Å². The van der Waals surface area contributed by atoms with Crippen LogP contribution in [-0.2, 0) is 11.2 Å². The first kappa shape index (κ1) is 26.0. The number of benzene rings is 3. The highest BCUT2D eigenvalue weighted by Crippen LogP contribution is 2.28. The van der Waals surface area contributed by atoms with E-state index >= 15 is 0 Å². The molecular weight excluding hydrogens is 512 g/mol. The quantitative estimate of drug-likeness (QED) is 0.150. The van der Waals surface area contributed by atoms with Crippen LogP contribution in [-0.4, -0.2) is 31.8 Å². The molecule has 0 heterocycles. The molecule has 0 saturated carbocycles. The number of esters is 1. The Morgan fingerprint density at radius 3 is 2.54 bits per heavy atom. The number of hydrogen-bond donors (Lipinski definition) is 1. The lowest BCUT2D eigenvalue weighted by atomic mass is 10.1. The number of ether oxygens (including phenoxy) is 3. The number of nitrogens with zero attached hydrogens (tertiary/aromatic N) is 1. The van der Waals surface area contributed by atoms with E-state index in [4.69, 9.17) is 14.2 Å². The van der Waals surface area contributed by atoms with Crippen molar-refractivity contribution in [1.82, 2.24) is 5.43 Å². The predicted octanol–water partition coefficient (Wildman–Crippen LogP) is 5.55. The van der Waals surface area contributed by atoms with E-state index in [9.17, 15) is 9.59 Å². The third-order valence-corrected chi connectivity index (χ3v) is 5.46. The number of aryl methyl sites for hydroxylation is 1. The summed E-state index contributed by atoms with van der Waals surface area (Å²) >= 11 is 3.33. The monoisotopic (exact) mass is 538 g/mol. The fraction of sp³-hybridized carbons (Fsp3) is 0.222. The summed E-state index contributed by atoms with van der Waals surface area (Å²) in [5.41, 5.74) is 4.73. The molecule has 0 saturated heterocycles. The standard InChI is InChI=1S/C27H27BrN2O5/c1-3-4-6-19-9-12-23(13-10-19)34-18-26(31)30-29-17-20-11-14-24(25(15-20)33-2)35-27(32)21-7-5-8-22(28)16-21/h5,7-17H,3-4,6,18H2,1-2H3,(H,30,31)/b29-17-.